The fourth-order valence-corrected chi connectivity index (χ4v) is 4.18. The van der Waals surface area contributed by atoms with Crippen LogP contribution in [0.4, 0.5) is 0 Å². The van der Waals surface area contributed by atoms with Gasteiger partial charge in [-0.05, 0) is 58.0 Å². The molecule has 2 rings (SSSR count). The summed E-state index contributed by atoms with van der Waals surface area (Å²) in [4.78, 5) is 2.77. The zero-order valence-corrected chi connectivity index (χ0v) is 12.4. The number of rotatable bonds is 7. The first-order valence-electron chi connectivity index (χ1n) is 8.15. The van der Waals surface area contributed by atoms with Gasteiger partial charge >= 0.3 is 0 Å². The zero-order chi connectivity index (χ0) is 13.6. The Balaban J connectivity index is 2.04. The van der Waals surface area contributed by atoms with Crippen LogP contribution in [0.15, 0.2) is 12.7 Å². The first-order chi connectivity index (χ1) is 9.33. The van der Waals surface area contributed by atoms with Gasteiger partial charge in [-0.15, -0.1) is 6.58 Å². The third-order valence-corrected chi connectivity index (χ3v) is 5.21. The van der Waals surface area contributed by atoms with Gasteiger partial charge in [-0.1, -0.05) is 25.3 Å². The van der Waals surface area contributed by atoms with E-state index < -0.39 is 0 Å². The number of piperidine rings is 1. The molecule has 0 aromatic heterocycles. The van der Waals surface area contributed by atoms with Crippen LogP contribution in [-0.2, 0) is 0 Å². The molecule has 3 heteroatoms. The van der Waals surface area contributed by atoms with Gasteiger partial charge < -0.3 is 0 Å². The highest BCUT2D eigenvalue weighted by atomic mass is 15.3. The van der Waals surface area contributed by atoms with Crippen molar-refractivity contribution >= 4 is 0 Å². The Morgan fingerprint density at radius 3 is 2.42 bits per heavy atom. The lowest BCUT2D eigenvalue weighted by Crippen LogP contribution is -2.62. The standard InChI is InChI=1S/C16H31N3/c1-2-3-5-10-15(18-17)16(11-6-7-12-16)19-13-8-4-9-14-19/h2,15,18H,1,3-14,17H2. The predicted molar refractivity (Wildman–Crippen MR) is 81.8 cm³/mol. The van der Waals surface area contributed by atoms with E-state index in [1.807, 2.05) is 6.08 Å². The van der Waals surface area contributed by atoms with Crippen LogP contribution in [0.3, 0.4) is 0 Å². The molecule has 110 valence electrons. The van der Waals surface area contributed by atoms with Gasteiger partial charge in [0.2, 0.25) is 0 Å². The molecule has 1 aliphatic carbocycles. The van der Waals surface area contributed by atoms with E-state index >= 15 is 0 Å². The maximum Gasteiger partial charge on any atom is 0.0394 e. The number of likely N-dealkylation sites (tertiary alicyclic amines) is 1. The van der Waals surface area contributed by atoms with E-state index in [-0.39, 0.29) is 0 Å². The molecule has 0 spiro atoms. The van der Waals surface area contributed by atoms with Gasteiger partial charge in [-0.3, -0.25) is 16.2 Å². The second-order valence-electron chi connectivity index (χ2n) is 6.30. The number of nitrogens with two attached hydrogens (primary N) is 1. The summed E-state index contributed by atoms with van der Waals surface area (Å²) in [5.74, 6) is 5.92. The van der Waals surface area contributed by atoms with E-state index in [4.69, 9.17) is 5.84 Å². The summed E-state index contributed by atoms with van der Waals surface area (Å²) in [6.45, 7) is 6.38. The molecule has 1 saturated heterocycles. The molecule has 2 aliphatic rings. The largest absolute Gasteiger partial charge is 0.296 e. The summed E-state index contributed by atoms with van der Waals surface area (Å²) in [6, 6.07) is 0.452. The number of hydrazine groups is 1. The highest BCUT2D eigenvalue weighted by molar-refractivity contribution is 5.03. The molecular weight excluding hydrogens is 234 g/mol. The molecule has 2 fully saturated rings. The SMILES string of the molecule is C=CCCCC(NN)C1(N2CCCCC2)CCCC1. The molecule has 19 heavy (non-hydrogen) atoms. The van der Waals surface area contributed by atoms with Gasteiger partial charge in [0.15, 0.2) is 0 Å². The van der Waals surface area contributed by atoms with E-state index in [9.17, 15) is 0 Å². The average molecular weight is 265 g/mol. The van der Waals surface area contributed by atoms with Gasteiger partial charge in [0.05, 0.1) is 0 Å². The molecule has 1 unspecified atom stereocenters. The lowest BCUT2D eigenvalue weighted by atomic mass is 9.82. The van der Waals surface area contributed by atoms with Crippen LogP contribution < -0.4 is 11.3 Å². The van der Waals surface area contributed by atoms with Crippen molar-refractivity contribution in [2.75, 3.05) is 13.1 Å². The summed E-state index contributed by atoms with van der Waals surface area (Å²) in [5.41, 5.74) is 3.51. The third kappa shape index (κ3) is 3.39. The summed E-state index contributed by atoms with van der Waals surface area (Å²) < 4.78 is 0. The maximum absolute atomic E-state index is 5.92. The number of hydrogen-bond donors (Lipinski definition) is 2. The highest BCUT2D eigenvalue weighted by Gasteiger charge is 2.45. The first-order valence-corrected chi connectivity index (χ1v) is 8.15. The number of unbranched alkanes of at least 4 members (excludes halogenated alkanes) is 1. The molecule has 1 heterocycles. The Bertz CT molecular complexity index is 265. The van der Waals surface area contributed by atoms with Gasteiger partial charge in [-0.2, -0.15) is 0 Å². The molecule has 1 saturated carbocycles. The molecule has 0 aromatic carbocycles. The van der Waals surface area contributed by atoms with Gasteiger partial charge in [-0.25, -0.2) is 0 Å². The van der Waals surface area contributed by atoms with Crippen LogP contribution in [0.1, 0.15) is 64.2 Å². The lowest BCUT2D eigenvalue weighted by Gasteiger charge is -2.48. The van der Waals surface area contributed by atoms with Crippen molar-refractivity contribution in [3.05, 3.63) is 12.7 Å². The molecule has 3 nitrogen and oxygen atoms in total. The van der Waals surface area contributed by atoms with Crippen molar-refractivity contribution in [2.24, 2.45) is 5.84 Å². The summed E-state index contributed by atoms with van der Waals surface area (Å²) in [7, 11) is 0. The maximum atomic E-state index is 5.92. The van der Waals surface area contributed by atoms with Crippen LogP contribution in [0, 0.1) is 0 Å². The normalized spacial score (nSPS) is 25.3. The van der Waals surface area contributed by atoms with Crippen molar-refractivity contribution in [1.82, 2.24) is 10.3 Å². The fourth-order valence-electron chi connectivity index (χ4n) is 4.18. The second kappa shape index (κ2) is 7.41. The zero-order valence-electron chi connectivity index (χ0n) is 12.4. The average Bonchev–Trinajstić information content (AvgIpc) is 2.95. The minimum Gasteiger partial charge on any atom is -0.296 e. The highest BCUT2D eigenvalue weighted by Crippen LogP contribution is 2.40. The summed E-state index contributed by atoms with van der Waals surface area (Å²) in [5, 5.41) is 0. The minimum absolute atomic E-state index is 0.344. The Kier molecular flexibility index (Phi) is 5.86. The number of hydrogen-bond acceptors (Lipinski definition) is 3. The molecule has 1 aliphatic heterocycles. The fraction of sp³-hybridized carbons (Fsp3) is 0.875. The smallest absolute Gasteiger partial charge is 0.0394 e. The van der Waals surface area contributed by atoms with E-state index in [1.165, 1.54) is 70.9 Å². The van der Waals surface area contributed by atoms with Crippen LogP contribution in [0.25, 0.3) is 0 Å². The van der Waals surface area contributed by atoms with Crippen LogP contribution >= 0.6 is 0 Å². The summed E-state index contributed by atoms with van der Waals surface area (Å²) >= 11 is 0. The first kappa shape index (κ1) is 15.0. The van der Waals surface area contributed by atoms with Gasteiger partial charge in [0, 0.05) is 11.6 Å². The molecular formula is C16H31N3. The monoisotopic (exact) mass is 265 g/mol. The van der Waals surface area contributed by atoms with Crippen molar-refractivity contribution in [3.63, 3.8) is 0 Å². The second-order valence-corrected chi connectivity index (χ2v) is 6.30. The van der Waals surface area contributed by atoms with Crippen molar-refractivity contribution in [2.45, 2.75) is 75.8 Å². The molecule has 0 amide bonds. The van der Waals surface area contributed by atoms with Crippen LogP contribution in [-0.4, -0.2) is 29.6 Å². The van der Waals surface area contributed by atoms with E-state index in [2.05, 4.69) is 16.9 Å². The Morgan fingerprint density at radius 2 is 1.84 bits per heavy atom. The number of nitrogens with zero attached hydrogens (tertiary/aromatic N) is 1. The Labute approximate surface area is 118 Å². The van der Waals surface area contributed by atoms with Gasteiger partial charge in [0.1, 0.15) is 0 Å². The lowest BCUT2D eigenvalue weighted by molar-refractivity contribution is 0.0334. The molecule has 0 radical (unpaired) electrons. The molecule has 3 N–H and O–H groups in total. The van der Waals surface area contributed by atoms with E-state index in [0.717, 1.165) is 6.42 Å². The predicted octanol–water partition coefficient (Wildman–Crippen LogP) is 2.97. The molecule has 0 bridgehead atoms. The van der Waals surface area contributed by atoms with Crippen molar-refractivity contribution < 1.29 is 0 Å². The topological polar surface area (TPSA) is 41.3 Å². The summed E-state index contributed by atoms with van der Waals surface area (Å²) in [6.07, 6.45) is 15.1. The van der Waals surface area contributed by atoms with Crippen LogP contribution in [0.5, 0.6) is 0 Å². The van der Waals surface area contributed by atoms with Crippen LogP contribution in [0.2, 0.25) is 0 Å². The van der Waals surface area contributed by atoms with Gasteiger partial charge in [0.25, 0.3) is 0 Å². The Morgan fingerprint density at radius 1 is 1.16 bits per heavy atom. The number of allylic oxidation sites excluding steroid dienone is 1. The van der Waals surface area contributed by atoms with E-state index in [0.29, 0.717) is 11.6 Å². The number of nitrogens with one attached hydrogen (secondary N) is 1. The molecule has 0 aromatic rings. The van der Waals surface area contributed by atoms with Crippen molar-refractivity contribution in [1.29, 1.82) is 0 Å². The quantitative estimate of drug-likeness (QED) is 0.322. The third-order valence-electron chi connectivity index (χ3n) is 5.21. The molecule has 1 atom stereocenters. The minimum atomic E-state index is 0.344. The van der Waals surface area contributed by atoms with Crippen molar-refractivity contribution in [3.8, 4) is 0 Å². The Hall–Kier alpha value is -0.380. The van der Waals surface area contributed by atoms with E-state index in [1.54, 1.807) is 0 Å².